The van der Waals surface area contributed by atoms with Crippen LogP contribution in [0.25, 0.3) is 11.0 Å². The van der Waals surface area contributed by atoms with E-state index in [1.165, 1.54) is 0 Å². The van der Waals surface area contributed by atoms with Crippen molar-refractivity contribution in [3.63, 3.8) is 0 Å². The Kier molecular flexibility index (Phi) is 3.66. The highest BCUT2D eigenvalue weighted by Crippen LogP contribution is 2.30. The number of morpholine rings is 1. The second kappa shape index (κ2) is 5.59. The maximum atomic E-state index is 5.37. The summed E-state index contributed by atoms with van der Waals surface area (Å²) in [6.45, 7) is 3.11. The maximum Gasteiger partial charge on any atom is 0.170 e. The quantitative estimate of drug-likeness (QED) is 0.794. The molecule has 7 nitrogen and oxygen atoms in total. The van der Waals surface area contributed by atoms with E-state index in [9.17, 15) is 0 Å². The van der Waals surface area contributed by atoms with E-state index in [2.05, 4.69) is 25.8 Å². The minimum absolute atomic E-state index is 0.522. The molecule has 8 heteroatoms. The lowest BCUT2D eigenvalue weighted by atomic mass is 10.2. The molecule has 2 N–H and O–H groups in total. The molecule has 0 amide bonds. The minimum Gasteiger partial charge on any atom is -0.378 e. The van der Waals surface area contributed by atoms with Gasteiger partial charge in [0.2, 0.25) is 0 Å². The average molecular weight is 293 g/mol. The van der Waals surface area contributed by atoms with E-state index in [-0.39, 0.29) is 0 Å². The second-order valence-corrected chi connectivity index (χ2v) is 4.81. The van der Waals surface area contributed by atoms with Gasteiger partial charge in [-0.3, -0.25) is 0 Å². The Labute approximate surface area is 121 Å². The lowest BCUT2D eigenvalue weighted by Gasteiger charge is -2.28. The number of hydrogen-bond donors (Lipinski definition) is 2. The molecule has 2 heterocycles. The Morgan fingerprint density at radius 2 is 2.00 bits per heavy atom. The van der Waals surface area contributed by atoms with Gasteiger partial charge in [-0.15, -0.1) is 0 Å². The van der Waals surface area contributed by atoms with E-state index in [1.807, 2.05) is 12.1 Å². The molecule has 2 aromatic rings. The van der Waals surface area contributed by atoms with Crippen LogP contribution in [-0.4, -0.2) is 48.8 Å². The van der Waals surface area contributed by atoms with Crippen molar-refractivity contribution in [3.8, 4) is 0 Å². The van der Waals surface area contributed by atoms with Gasteiger partial charge in [0.25, 0.3) is 0 Å². The highest BCUT2D eigenvalue weighted by Gasteiger charge is 2.18. The van der Waals surface area contributed by atoms with E-state index >= 15 is 0 Å². The third-order valence-electron chi connectivity index (χ3n) is 3.22. The molecule has 1 aromatic heterocycles. The summed E-state index contributed by atoms with van der Waals surface area (Å²) in [7, 11) is 1.76. The molecule has 3 rings (SSSR count). The van der Waals surface area contributed by atoms with Gasteiger partial charge in [-0.05, 0) is 34.7 Å². The lowest BCUT2D eigenvalue weighted by molar-refractivity contribution is 0.123. The number of benzene rings is 1. The number of hydrogen-bond acceptors (Lipinski definition) is 6. The van der Waals surface area contributed by atoms with E-state index < -0.39 is 0 Å². The number of ether oxygens (including phenoxy) is 1. The Hall–Kier alpha value is -1.93. The van der Waals surface area contributed by atoms with Gasteiger partial charge >= 0.3 is 0 Å². The number of nitrogens with one attached hydrogen (secondary N) is 2. The number of anilines is 2. The van der Waals surface area contributed by atoms with Gasteiger partial charge in [0.05, 0.1) is 24.6 Å². The molecule has 0 bridgehead atoms. The zero-order valence-electron chi connectivity index (χ0n) is 11.0. The zero-order chi connectivity index (χ0) is 13.9. The Balaban J connectivity index is 1.97. The fourth-order valence-electron chi connectivity index (χ4n) is 2.20. The third-order valence-corrected chi connectivity index (χ3v) is 3.53. The summed E-state index contributed by atoms with van der Waals surface area (Å²) in [6.07, 6.45) is 0. The van der Waals surface area contributed by atoms with Crippen molar-refractivity contribution in [2.75, 3.05) is 43.6 Å². The number of rotatable bonds is 2. The Bertz CT molecular complexity index is 623. The highest BCUT2D eigenvalue weighted by atomic mass is 32.1. The first kappa shape index (κ1) is 13.1. The molecule has 0 saturated carbocycles. The summed E-state index contributed by atoms with van der Waals surface area (Å²) in [6, 6.07) is 3.93. The van der Waals surface area contributed by atoms with Gasteiger partial charge in [0.15, 0.2) is 16.1 Å². The van der Waals surface area contributed by atoms with Gasteiger partial charge in [-0.2, -0.15) is 0 Å². The van der Waals surface area contributed by atoms with Gasteiger partial charge in [0, 0.05) is 20.1 Å². The average Bonchev–Trinajstić information content (AvgIpc) is 2.98. The summed E-state index contributed by atoms with van der Waals surface area (Å²) >= 11 is 5.10. The van der Waals surface area contributed by atoms with Crippen LogP contribution >= 0.6 is 12.2 Å². The normalized spacial score (nSPS) is 15.3. The molecule has 0 unspecified atom stereocenters. The van der Waals surface area contributed by atoms with Crippen molar-refractivity contribution in [1.82, 2.24) is 15.6 Å². The number of nitrogens with zero attached hydrogens (tertiary/aromatic N) is 3. The van der Waals surface area contributed by atoms with Crippen LogP contribution in [0.1, 0.15) is 0 Å². The van der Waals surface area contributed by atoms with Gasteiger partial charge in [0.1, 0.15) is 0 Å². The molecular weight excluding hydrogens is 278 g/mol. The molecule has 0 spiro atoms. The van der Waals surface area contributed by atoms with Crippen LogP contribution in [-0.2, 0) is 4.74 Å². The molecule has 1 aliphatic rings. The number of aromatic nitrogens is 2. The van der Waals surface area contributed by atoms with E-state index in [0.717, 1.165) is 43.2 Å². The van der Waals surface area contributed by atoms with Crippen molar-refractivity contribution >= 4 is 39.7 Å². The third kappa shape index (κ3) is 2.39. The summed E-state index contributed by atoms with van der Waals surface area (Å²) in [5, 5.41) is 14.4. The van der Waals surface area contributed by atoms with E-state index in [4.69, 9.17) is 21.6 Å². The monoisotopic (exact) mass is 293 g/mol. The molecule has 0 radical (unpaired) electrons. The van der Waals surface area contributed by atoms with Crippen molar-refractivity contribution in [2.45, 2.75) is 0 Å². The molecule has 0 atom stereocenters. The molecule has 106 valence electrons. The summed E-state index contributed by atoms with van der Waals surface area (Å²) in [5.74, 6) is 0. The molecule has 1 fully saturated rings. The highest BCUT2D eigenvalue weighted by molar-refractivity contribution is 7.80. The predicted molar refractivity (Wildman–Crippen MR) is 80.1 cm³/mol. The Morgan fingerprint density at radius 3 is 2.75 bits per heavy atom. The van der Waals surface area contributed by atoms with Crippen LogP contribution in [0.3, 0.4) is 0 Å². The van der Waals surface area contributed by atoms with Crippen molar-refractivity contribution in [2.24, 2.45) is 0 Å². The summed E-state index contributed by atoms with van der Waals surface area (Å²) in [5.41, 5.74) is 3.19. The summed E-state index contributed by atoms with van der Waals surface area (Å²) < 4.78 is 10.3. The van der Waals surface area contributed by atoms with E-state index in [0.29, 0.717) is 10.6 Å². The zero-order valence-corrected chi connectivity index (χ0v) is 11.9. The van der Waals surface area contributed by atoms with Gasteiger partial charge in [-0.1, -0.05) is 0 Å². The predicted octanol–water partition coefficient (Wildman–Crippen LogP) is 0.976. The summed E-state index contributed by atoms with van der Waals surface area (Å²) in [4.78, 5) is 2.22. The van der Waals surface area contributed by atoms with E-state index in [1.54, 1.807) is 7.05 Å². The Morgan fingerprint density at radius 1 is 1.25 bits per heavy atom. The molecule has 0 aliphatic carbocycles. The van der Waals surface area contributed by atoms with Crippen molar-refractivity contribution < 1.29 is 9.37 Å². The van der Waals surface area contributed by atoms with Crippen LogP contribution in [0, 0.1) is 0 Å². The lowest BCUT2D eigenvalue weighted by Crippen LogP contribution is -2.36. The SMILES string of the molecule is CNC(=S)Nc1ccc(N2CCOCC2)c2nonc12. The van der Waals surface area contributed by atoms with Gasteiger partial charge < -0.3 is 20.3 Å². The molecule has 1 aromatic carbocycles. The second-order valence-electron chi connectivity index (χ2n) is 4.40. The first-order chi connectivity index (χ1) is 9.79. The van der Waals surface area contributed by atoms with Crippen LogP contribution < -0.4 is 15.5 Å². The minimum atomic E-state index is 0.522. The fourth-order valence-corrected chi connectivity index (χ4v) is 2.31. The fraction of sp³-hybridized carbons (Fsp3) is 0.417. The van der Waals surface area contributed by atoms with Crippen LogP contribution in [0.2, 0.25) is 0 Å². The van der Waals surface area contributed by atoms with Crippen LogP contribution in [0.15, 0.2) is 16.8 Å². The van der Waals surface area contributed by atoms with Crippen LogP contribution in [0.4, 0.5) is 11.4 Å². The van der Waals surface area contributed by atoms with Crippen LogP contribution in [0.5, 0.6) is 0 Å². The largest absolute Gasteiger partial charge is 0.378 e. The van der Waals surface area contributed by atoms with Crippen molar-refractivity contribution in [3.05, 3.63) is 12.1 Å². The topological polar surface area (TPSA) is 75.5 Å². The number of thiocarbonyl (C=S) groups is 1. The molecule has 1 aliphatic heterocycles. The molecule has 20 heavy (non-hydrogen) atoms. The standard InChI is InChI=1S/C12H15N5O2S/c1-13-12(20)14-8-2-3-9(11-10(8)15-19-16-11)17-4-6-18-7-5-17/h2-3H,4-7H2,1H3,(H2,13,14,20). The van der Waals surface area contributed by atoms with Gasteiger partial charge in [-0.25, -0.2) is 4.63 Å². The molecular formula is C12H15N5O2S. The maximum absolute atomic E-state index is 5.37. The molecule has 1 saturated heterocycles. The first-order valence-corrected chi connectivity index (χ1v) is 6.77. The first-order valence-electron chi connectivity index (χ1n) is 6.36. The number of fused-ring (bicyclic) bond motifs is 1. The van der Waals surface area contributed by atoms with Crippen molar-refractivity contribution in [1.29, 1.82) is 0 Å². The smallest absolute Gasteiger partial charge is 0.170 e.